The molecule has 0 saturated carbocycles. The van der Waals surface area contributed by atoms with Gasteiger partial charge in [-0.2, -0.15) is 18.3 Å². The average molecular weight is 636 g/mol. The van der Waals surface area contributed by atoms with Gasteiger partial charge in [0.1, 0.15) is 11.9 Å². The van der Waals surface area contributed by atoms with Crippen LogP contribution in [0.4, 0.5) is 24.7 Å². The maximum atomic E-state index is 14.3. The Kier molecular flexibility index (Phi) is 7.51. The van der Waals surface area contributed by atoms with Gasteiger partial charge in [-0.3, -0.25) is 18.8 Å². The Labute approximate surface area is 257 Å². The highest BCUT2D eigenvalue weighted by atomic mass is 32.2. The standard InChI is InChI=1S/C32H28F3N5O4S/c1-3-38-30-26(20(2)37-40(30)24-13-5-4-6-14-24)27(21-10-8-15-25(19-21)39-16-9-17-45(39,43)44)28(31(38)42)36-29(41)22-11-7-12-23(18-22)32(33,34)35/h4-15,17-19,27-28H,3,16H2,1-2H3,(H,36,41)/t27-,28+/m1/s1. The highest BCUT2D eigenvalue weighted by molar-refractivity contribution is 7.95. The van der Waals surface area contributed by atoms with E-state index in [2.05, 4.69) is 5.32 Å². The van der Waals surface area contributed by atoms with Crippen LogP contribution in [0.3, 0.4) is 0 Å². The number of alkyl halides is 3. The topological polar surface area (TPSA) is 105 Å². The molecule has 0 radical (unpaired) electrons. The third kappa shape index (κ3) is 5.37. The Morgan fingerprint density at radius 1 is 1.00 bits per heavy atom. The first-order valence-electron chi connectivity index (χ1n) is 14.1. The number of anilines is 2. The van der Waals surface area contributed by atoms with Crippen molar-refractivity contribution in [3.05, 3.63) is 118 Å². The lowest BCUT2D eigenvalue weighted by Gasteiger charge is -2.38. The molecule has 4 aromatic rings. The fourth-order valence-electron chi connectivity index (χ4n) is 5.92. The Morgan fingerprint density at radius 2 is 1.71 bits per heavy atom. The molecule has 3 aromatic carbocycles. The number of carbonyl (C=O) groups excluding carboxylic acids is 2. The van der Waals surface area contributed by atoms with Gasteiger partial charge in [-0.25, -0.2) is 13.1 Å². The van der Waals surface area contributed by atoms with E-state index >= 15 is 0 Å². The van der Waals surface area contributed by atoms with Gasteiger partial charge in [0.25, 0.3) is 21.8 Å². The predicted octanol–water partition coefficient (Wildman–Crippen LogP) is 5.16. The minimum atomic E-state index is -4.66. The number of aryl methyl sites for hydroxylation is 1. The monoisotopic (exact) mass is 635 g/mol. The number of carbonyl (C=O) groups is 2. The van der Waals surface area contributed by atoms with Crippen molar-refractivity contribution in [2.75, 3.05) is 22.3 Å². The van der Waals surface area contributed by atoms with Crippen molar-refractivity contribution < 1.29 is 31.2 Å². The molecule has 0 aliphatic carbocycles. The molecule has 0 bridgehead atoms. The number of nitrogens with one attached hydrogen (secondary N) is 1. The number of likely N-dealkylation sites (N-methyl/N-ethyl adjacent to an activating group) is 1. The number of hydrogen-bond acceptors (Lipinski definition) is 5. The molecule has 0 unspecified atom stereocenters. The van der Waals surface area contributed by atoms with E-state index in [0.29, 0.717) is 34.0 Å². The molecule has 6 rings (SSSR count). The van der Waals surface area contributed by atoms with Crippen LogP contribution in [0.2, 0.25) is 0 Å². The Balaban J connectivity index is 1.51. The highest BCUT2D eigenvalue weighted by Crippen LogP contribution is 2.44. The molecule has 2 amide bonds. The van der Waals surface area contributed by atoms with Gasteiger partial charge in [-0.15, -0.1) is 0 Å². The molecule has 2 aliphatic rings. The Bertz CT molecular complexity index is 1940. The van der Waals surface area contributed by atoms with E-state index in [1.165, 1.54) is 21.3 Å². The largest absolute Gasteiger partial charge is 0.416 e. The van der Waals surface area contributed by atoms with Crippen molar-refractivity contribution in [3.8, 4) is 5.69 Å². The van der Waals surface area contributed by atoms with Crippen LogP contribution in [-0.4, -0.2) is 49.1 Å². The summed E-state index contributed by atoms with van der Waals surface area (Å²) in [6.07, 6.45) is -3.14. The molecule has 0 fully saturated rings. The third-order valence-corrected chi connectivity index (χ3v) is 9.44. The number of benzene rings is 3. The van der Waals surface area contributed by atoms with Gasteiger partial charge in [-0.05, 0) is 61.9 Å². The van der Waals surface area contributed by atoms with Crippen LogP contribution in [0.15, 0.2) is 90.3 Å². The lowest BCUT2D eigenvalue weighted by atomic mass is 9.81. The molecule has 13 heteroatoms. The number of sulfonamides is 1. The maximum absolute atomic E-state index is 14.3. The lowest BCUT2D eigenvalue weighted by molar-refractivity contribution is -0.137. The molecule has 1 N–H and O–H groups in total. The second kappa shape index (κ2) is 11.2. The number of aromatic nitrogens is 2. The van der Waals surface area contributed by atoms with Crippen molar-refractivity contribution in [1.29, 1.82) is 0 Å². The van der Waals surface area contributed by atoms with Gasteiger partial charge < -0.3 is 5.32 Å². The number of nitrogens with zero attached hydrogens (tertiary/aromatic N) is 4. The van der Waals surface area contributed by atoms with Gasteiger partial charge in [0, 0.05) is 29.0 Å². The quantitative estimate of drug-likeness (QED) is 0.315. The number of halogens is 3. The summed E-state index contributed by atoms with van der Waals surface area (Å²) in [4.78, 5) is 29.3. The average Bonchev–Trinajstić information content (AvgIpc) is 3.55. The normalized spacial score (nSPS) is 19.1. The van der Waals surface area contributed by atoms with Crippen LogP contribution < -0.4 is 14.5 Å². The summed E-state index contributed by atoms with van der Waals surface area (Å²) < 4.78 is 68.6. The van der Waals surface area contributed by atoms with E-state index in [1.54, 1.807) is 42.8 Å². The van der Waals surface area contributed by atoms with Crippen molar-refractivity contribution in [2.24, 2.45) is 0 Å². The van der Waals surface area contributed by atoms with Crippen LogP contribution in [0, 0.1) is 6.92 Å². The first-order chi connectivity index (χ1) is 21.4. The summed E-state index contributed by atoms with van der Waals surface area (Å²) in [6.45, 7) is 3.89. The molecule has 3 heterocycles. The van der Waals surface area contributed by atoms with Gasteiger partial charge in [0.2, 0.25) is 0 Å². The van der Waals surface area contributed by atoms with Crippen LogP contribution in [0.25, 0.3) is 5.69 Å². The van der Waals surface area contributed by atoms with E-state index < -0.39 is 45.5 Å². The minimum absolute atomic E-state index is 0.130. The number of hydrogen-bond donors (Lipinski definition) is 1. The highest BCUT2D eigenvalue weighted by Gasteiger charge is 2.46. The van der Waals surface area contributed by atoms with E-state index in [1.807, 2.05) is 30.3 Å². The summed E-state index contributed by atoms with van der Waals surface area (Å²) >= 11 is 0. The van der Waals surface area contributed by atoms with Crippen molar-refractivity contribution in [2.45, 2.75) is 32.0 Å². The third-order valence-electron chi connectivity index (χ3n) is 7.93. The van der Waals surface area contributed by atoms with Gasteiger partial charge >= 0.3 is 6.18 Å². The first kappa shape index (κ1) is 30.1. The lowest BCUT2D eigenvalue weighted by Crippen LogP contribution is -2.55. The van der Waals surface area contributed by atoms with Crippen LogP contribution in [0.5, 0.6) is 0 Å². The molecule has 2 aliphatic heterocycles. The summed E-state index contributed by atoms with van der Waals surface area (Å²) in [5, 5.41) is 8.61. The van der Waals surface area contributed by atoms with E-state index in [4.69, 9.17) is 5.10 Å². The maximum Gasteiger partial charge on any atom is 0.416 e. The number of amides is 2. The van der Waals surface area contributed by atoms with Crippen molar-refractivity contribution in [1.82, 2.24) is 15.1 Å². The molecule has 9 nitrogen and oxygen atoms in total. The smallest absolute Gasteiger partial charge is 0.339 e. The summed E-state index contributed by atoms with van der Waals surface area (Å²) in [5.74, 6) is -1.73. The number of rotatable bonds is 6. The fraction of sp³-hybridized carbons (Fsp3) is 0.219. The van der Waals surface area contributed by atoms with E-state index in [-0.39, 0.29) is 18.7 Å². The van der Waals surface area contributed by atoms with Gasteiger partial charge in [0.15, 0.2) is 0 Å². The molecule has 45 heavy (non-hydrogen) atoms. The Hall–Kier alpha value is -4.91. The molecule has 1 aromatic heterocycles. The molecule has 232 valence electrons. The van der Waals surface area contributed by atoms with Crippen molar-refractivity contribution >= 4 is 33.3 Å². The zero-order valence-electron chi connectivity index (χ0n) is 24.2. The molecular formula is C32H28F3N5O4S. The van der Waals surface area contributed by atoms with Crippen LogP contribution >= 0.6 is 0 Å². The van der Waals surface area contributed by atoms with E-state index in [0.717, 1.165) is 23.6 Å². The van der Waals surface area contributed by atoms with Gasteiger partial charge in [-0.1, -0.05) is 42.5 Å². The van der Waals surface area contributed by atoms with E-state index in [9.17, 15) is 31.2 Å². The second-order valence-corrected chi connectivity index (χ2v) is 12.4. The minimum Gasteiger partial charge on any atom is -0.339 e. The Morgan fingerprint density at radius 3 is 2.38 bits per heavy atom. The summed E-state index contributed by atoms with van der Waals surface area (Å²) in [5.41, 5.74) is 1.50. The fourth-order valence-corrected chi connectivity index (χ4v) is 7.09. The SMILES string of the molecule is CCN1C(=O)[C@@H](NC(=O)c2cccc(C(F)(F)F)c2)[C@H](c2cccc(N3CC=CS3(=O)=O)c2)c2c(C)nn(-c3ccccc3)c21. The number of para-hydroxylation sites is 1. The second-order valence-electron chi connectivity index (χ2n) is 10.7. The van der Waals surface area contributed by atoms with Gasteiger partial charge in [0.05, 0.1) is 29.2 Å². The zero-order valence-corrected chi connectivity index (χ0v) is 25.0. The molecular weight excluding hydrogens is 607 g/mol. The van der Waals surface area contributed by atoms with Crippen molar-refractivity contribution in [3.63, 3.8) is 0 Å². The summed E-state index contributed by atoms with van der Waals surface area (Å²) in [6, 6.07) is 18.6. The molecule has 2 atom stereocenters. The van der Waals surface area contributed by atoms with Crippen LogP contribution in [0.1, 0.15) is 45.6 Å². The molecule has 0 spiro atoms. The molecule has 0 saturated heterocycles. The number of fused-ring (bicyclic) bond motifs is 1. The zero-order chi connectivity index (χ0) is 32.1. The first-order valence-corrected chi connectivity index (χ1v) is 15.6. The van der Waals surface area contributed by atoms with Crippen LogP contribution in [-0.2, 0) is 21.0 Å². The summed E-state index contributed by atoms with van der Waals surface area (Å²) in [7, 11) is -3.70. The predicted molar refractivity (Wildman–Crippen MR) is 163 cm³/mol.